The van der Waals surface area contributed by atoms with Crippen LogP contribution in [0, 0.1) is 0 Å². The van der Waals surface area contributed by atoms with Gasteiger partial charge in [-0.1, -0.05) is 0 Å². The summed E-state index contributed by atoms with van der Waals surface area (Å²) in [5, 5.41) is 3.33. The number of hydrogen-bond donors (Lipinski definition) is 1. The van der Waals surface area contributed by atoms with Gasteiger partial charge < -0.3 is 15.0 Å². The van der Waals surface area contributed by atoms with Gasteiger partial charge in [-0.05, 0) is 6.42 Å². The molecule has 1 amide bonds. The highest BCUT2D eigenvalue weighted by atomic mass is 16.5. The van der Waals surface area contributed by atoms with E-state index in [-0.39, 0.29) is 11.9 Å². The van der Waals surface area contributed by atoms with Crippen LogP contribution in [0.3, 0.4) is 0 Å². The lowest BCUT2D eigenvalue weighted by atomic mass is 10.1. The molecule has 1 aliphatic rings. The summed E-state index contributed by atoms with van der Waals surface area (Å²) in [5.74, 6) is 0.987. The van der Waals surface area contributed by atoms with E-state index < -0.39 is 0 Å². The minimum absolute atomic E-state index is 0.204. The van der Waals surface area contributed by atoms with Gasteiger partial charge in [0.25, 0.3) is 0 Å². The maximum absolute atomic E-state index is 11.4. The molecule has 0 aliphatic carbocycles. The van der Waals surface area contributed by atoms with Crippen LogP contribution in [0.15, 0.2) is 12.4 Å². The second-order valence-corrected chi connectivity index (χ2v) is 4.48. The molecule has 1 aromatic rings. The molecule has 0 saturated carbocycles. The number of anilines is 1. The number of piperidine rings is 1. The van der Waals surface area contributed by atoms with Gasteiger partial charge in [0.2, 0.25) is 5.91 Å². The summed E-state index contributed by atoms with van der Waals surface area (Å²) in [4.78, 5) is 21.4. The van der Waals surface area contributed by atoms with Crippen molar-refractivity contribution in [1.82, 2.24) is 14.9 Å². The Hall–Kier alpha value is -1.69. The summed E-state index contributed by atoms with van der Waals surface area (Å²) < 4.78 is 5.03. The Balaban J connectivity index is 1.96. The molecule has 0 radical (unpaired) electrons. The summed E-state index contributed by atoms with van der Waals surface area (Å²) in [6, 6.07) is 2.12. The first-order chi connectivity index (χ1) is 8.69. The van der Waals surface area contributed by atoms with E-state index in [1.807, 2.05) is 13.1 Å². The van der Waals surface area contributed by atoms with E-state index in [1.54, 1.807) is 12.0 Å². The van der Waals surface area contributed by atoms with E-state index in [4.69, 9.17) is 4.74 Å². The number of aromatic nitrogens is 2. The molecule has 1 fully saturated rings. The molecular formula is C12H18N4O2. The first kappa shape index (κ1) is 12.8. The number of methoxy groups -OCH3 is 1. The maximum Gasteiger partial charge on any atom is 0.222 e. The molecule has 2 heterocycles. The van der Waals surface area contributed by atoms with Crippen molar-refractivity contribution in [3.8, 4) is 0 Å². The quantitative estimate of drug-likeness (QED) is 0.850. The molecule has 18 heavy (non-hydrogen) atoms. The summed E-state index contributed by atoms with van der Waals surface area (Å²) in [7, 11) is 3.46. The zero-order valence-corrected chi connectivity index (χ0v) is 10.7. The third-order valence-electron chi connectivity index (χ3n) is 2.99. The van der Waals surface area contributed by atoms with Crippen molar-refractivity contribution in [2.45, 2.75) is 25.5 Å². The van der Waals surface area contributed by atoms with Gasteiger partial charge in [0.05, 0.1) is 12.3 Å². The molecule has 98 valence electrons. The number of nitrogens with zero attached hydrogens (tertiary/aromatic N) is 3. The number of likely N-dealkylation sites (N-methyl/N-ethyl adjacent to an activating group) is 1. The first-order valence-corrected chi connectivity index (χ1v) is 5.99. The normalized spacial score (nSPS) is 20.0. The van der Waals surface area contributed by atoms with Gasteiger partial charge >= 0.3 is 0 Å². The third-order valence-corrected chi connectivity index (χ3v) is 2.99. The molecule has 2 rings (SSSR count). The van der Waals surface area contributed by atoms with Gasteiger partial charge in [0.1, 0.15) is 12.1 Å². The minimum atomic E-state index is 0.204. The summed E-state index contributed by atoms with van der Waals surface area (Å²) >= 11 is 0. The standard InChI is InChI=1S/C12H18N4O2/c1-16-6-9(3-4-12(16)17)15-11-5-10(7-18-2)13-8-14-11/h5,8-9H,3-4,6-7H2,1-2H3,(H,13,14,15). The highest BCUT2D eigenvalue weighted by molar-refractivity contribution is 5.77. The van der Waals surface area contributed by atoms with Gasteiger partial charge in [-0.3, -0.25) is 4.79 Å². The highest BCUT2D eigenvalue weighted by Gasteiger charge is 2.22. The largest absolute Gasteiger partial charge is 0.378 e. The van der Waals surface area contributed by atoms with E-state index in [0.29, 0.717) is 19.6 Å². The number of hydrogen-bond acceptors (Lipinski definition) is 5. The Kier molecular flexibility index (Phi) is 4.09. The van der Waals surface area contributed by atoms with Crippen molar-refractivity contribution in [2.24, 2.45) is 0 Å². The third kappa shape index (κ3) is 3.16. The second kappa shape index (κ2) is 5.77. The van der Waals surface area contributed by atoms with Gasteiger partial charge in [0, 0.05) is 39.2 Å². The Morgan fingerprint density at radius 2 is 2.39 bits per heavy atom. The van der Waals surface area contributed by atoms with Crippen molar-refractivity contribution in [1.29, 1.82) is 0 Å². The van der Waals surface area contributed by atoms with Crippen LogP contribution in [-0.4, -0.2) is 47.5 Å². The second-order valence-electron chi connectivity index (χ2n) is 4.48. The minimum Gasteiger partial charge on any atom is -0.378 e. The molecule has 1 aromatic heterocycles. The number of amides is 1. The fourth-order valence-corrected chi connectivity index (χ4v) is 2.04. The Bertz CT molecular complexity index is 424. The Labute approximate surface area is 106 Å². The van der Waals surface area contributed by atoms with Gasteiger partial charge in [-0.25, -0.2) is 9.97 Å². The Morgan fingerprint density at radius 1 is 1.56 bits per heavy atom. The highest BCUT2D eigenvalue weighted by Crippen LogP contribution is 2.14. The van der Waals surface area contributed by atoms with E-state index in [9.17, 15) is 4.79 Å². The van der Waals surface area contributed by atoms with Crippen molar-refractivity contribution in [3.05, 3.63) is 18.1 Å². The molecule has 6 nitrogen and oxygen atoms in total. The predicted molar refractivity (Wildman–Crippen MR) is 67.0 cm³/mol. The zero-order valence-electron chi connectivity index (χ0n) is 10.7. The fraction of sp³-hybridized carbons (Fsp3) is 0.583. The maximum atomic E-state index is 11.4. The molecule has 1 aliphatic heterocycles. The molecule has 0 bridgehead atoms. The first-order valence-electron chi connectivity index (χ1n) is 5.99. The molecular weight excluding hydrogens is 232 g/mol. The van der Waals surface area contributed by atoms with Crippen molar-refractivity contribution in [3.63, 3.8) is 0 Å². The lowest BCUT2D eigenvalue weighted by molar-refractivity contribution is -0.132. The van der Waals surface area contributed by atoms with E-state index in [2.05, 4.69) is 15.3 Å². The number of carbonyl (C=O) groups is 1. The van der Waals surface area contributed by atoms with Crippen LogP contribution < -0.4 is 5.32 Å². The van der Waals surface area contributed by atoms with Gasteiger partial charge in [-0.15, -0.1) is 0 Å². The molecule has 1 saturated heterocycles. The lowest BCUT2D eigenvalue weighted by Crippen LogP contribution is -2.43. The summed E-state index contributed by atoms with van der Waals surface area (Å²) in [6.45, 7) is 1.18. The number of ether oxygens (including phenoxy) is 1. The summed E-state index contributed by atoms with van der Waals surface area (Å²) in [5.41, 5.74) is 0.843. The number of carbonyl (C=O) groups excluding carboxylic acids is 1. The van der Waals surface area contributed by atoms with Crippen LogP contribution in [0.25, 0.3) is 0 Å². The van der Waals surface area contributed by atoms with Gasteiger partial charge in [0.15, 0.2) is 0 Å². The van der Waals surface area contributed by atoms with Crippen LogP contribution in [0.4, 0.5) is 5.82 Å². The van der Waals surface area contributed by atoms with Gasteiger partial charge in [-0.2, -0.15) is 0 Å². The molecule has 1 N–H and O–H groups in total. The molecule has 1 atom stereocenters. The average molecular weight is 250 g/mol. The van der Waals surface area contributed by atoms with Crippen molar-refractivity contribution < 1.29 is 9.53 Å². The lowest BCUT2D eigenvalue weighted by Gasteiger charge is -2.30. The molecule has 0 spiro atoms. The molecule has 0 aromatic carbocycles. The topological polar surface area (TPSA) is 67.3 Å². The summed E-state index contributed by atoms with van der Waals surface area (Å²) in [6.07, 6.45) is 2.95. The average Bonchev–Trinajstić information content (AvgIpc) is 2.35. The van der Waals surface area contributed by atoms with E-state index in [0.717, 1.165) is 17.9 Å². The zero-order chi connectivity index (χ0) is 13.0. The smallest absolute Gasteiger partial charge is 0.222 e. The Morgan fingerprint density at radius 3 is 3.11 bits per heavy atom. The predicted octanol–water partition coefficient (Wildman–Crippen LogP) is 0.656. The van der Waals surface area contributed by atoms with Crippen LogP contribution in [0.5, 0.6) is 0 Å². The van der Waals surface area contributed by atoms with E-state index in [1.165, 1.54) is 6.33 Å². The van der Waals surface area contributed by atoms with Crippen LogP contribution in [0.2, 0.25) is 0 Å². The number of rotatable bonds is 4. The van der Waals surface area contributed by atoms with Crippen molar-refractivity contribution >= 4 is 11.7 Å². The number of likely N-dealkylation sites (tertiary alicyclic amines) is 1. The van der Waals surface area contributed by atoms with E-state index >= 15 is 0 Å². The van der Waals surface area contributed by atoms with Crippen LogP contribution >= 0.6 is 0 Å². The monoisotopic (exact) mass is 250 g/mol. The SMILES string of the molecule is COCc1cc(NC2CCC(=O)N(C)C2)ncn1. The fourth-order valence-electron chi connectivity index (χ4n) is 2.04. The van der Waals surface area contributed by atoms with Crippen LogP contribution in [0.1, 0.15) is 18.5 Å². The molecule has 6 heteroatoms. The molecule has 1 unspecified atom stereocenters. The van der Waals surface area contributed by atoms with Crippen LogP contribution in [-0.2, 0) is 16.1 Å². The van der Waals surface area contributed by atoms with Crippen molar-refractivity contribution in [2.75, 3.05) is 26.0 Å². The number of nitrogens with one attached hydrogen (secondary N) is 1.